The Morgan fingerprint density at radius 1 is 1.19 bits per heavy atom. The molecule has 1 aliphatic carbocycles. The first kappa shape index (κ1) is 20.8. The lowest BCUT2D eigenvalue weighted by molar-refractivity contribution is -0.123. The minimum Gasteiger partial charge on any atom is -0.483 e. The Morgan fingerprint density at radius 3 is 2.88 bits per heavy atom. The summed E-state index contributed by atoms with van der Waals surface area (Å²) >= 11 is 1.76. The minimum absolute atomic E-state index is 0.0374. The maximum atomic E-state index is 12.2. The average Bonchev–Trinajstić information content (AvgIpc) is 3.27. The maximum absolute atomic E-state index is 12.2. The van der Waals surface area contributed by atoms with Crippen LogP contribution >= 0.6 is 11.3 Å². The summed E-state index contributed by atoms with van der Waals surface area (Å²) in [4.78, 5) is 14.4. The Labute approximate surface area is 191 Å². The van der Waals surface area contributed by atoms with E-state index < -0.39 is 0 Å². The molecular weight excluding hydrogens is 420 g/mol. The molecule has 1 fully saturated rings. The fraction of sp³-hybridized carbons (Fsp3) is 0.269. The topological polar surface area (TPSA) is 54.7 Å². The predicted octanol–water partition coefficient (Wildman–Crippen LogP) is 5.45. The highest BCUT2D eigenvalue weighted by molar-refractivity contribution is 7.17. The first-order valence-corrected chi connectivity index (χ1v) is 11.7. The molecule has 1 saturated carbocycles. The molecule has 5 rings (SSSR count). The molecule has 0 aliphatic heterocycles. The fourth-order valence-corrected chi connectivity index (χ4v) is 4.86. The summed E-state index contributed by atoms with van der Waals surface area (Å²) in [6, 6.07) is 17.0. The first-order valence-electron chi connectivity index (χ1n) is 10.9. The van der Waals surface area contributed by atoms with Crippen molar-refractivity contribution in [3.05, 3.63) is 77.6 Å². The van der Waals surface area contributed by atoms with Gasteiger partial charge in [0.15, 0.2) is 6.61 Å². The van der Waals surface area contributed by atoms with Gasteiger partial charge in [0.2, 0.25) is 0 Å². The molecule has 0 spiro atoms. The van der Waals surface area contributed by atoms with E-state index in [4.69, 9.17) is 9.15 Å². The molecule has 1 amide bonds. The van der Waals surface area contributed by atoms with Gasteiger partial charge in [-0.2, -0.15) is 0 Å². The van der Waals surface area contributed by atoms with Crippen LogP contribution in [0.3, 0.4) is 0 Å². The zero-order valence-corrected chi connectivity index (χ0v) is 18.9. The van der Waals surface area contributed by atoms with Crippen molar-refractivity contribution >= 4 is 27.3 Å². The van der Waals surface area contributed by atoms with Gasteiger partial charge in [-0.1, -0.05) is 24.3 Å². The van der Waals surface area contributed by atoms with Gasteiger partial charge in [-0.05, 0) is 55.1 Å². The lowest BCUT2D eigenvalue weighted by Crippen LogP contribution is -2.30. The largest absolute Gasteiger partial charge is 0.483 e. The highest BCUT2D eigenvalue weighted by Crippen LogP contribution is 2.36. The second-order valence-electron chi connectivity index (χ2n) is 8.40. The summed E-state index contributed by atoms with van der Waals surface area (Å²) in [5.74, 6) is 0.691. The number of carbonyl (C=O) groups is 1. The monoisotopic (exact) mass is 446 g/mol. The van der Waals surface area contributed by atoms with Crippen LogP contribution < -0.4 is 10.1 Å². The van der Waals surface area contributed by atoms with Crippen molar-refractivity contribution in [2.24, 2.45) is 0 Å². The van der Waals surface area contributed by atoms with Crippen molar-refractivity contribution in [1.29, 1.82) is 0 Å². The number of furan rings is 1. The molecule has 0 bridgehead atoms. The van der Waals surface area contributed by atoms with E-state index in [2.05, 4.69) is 59.0 Å². The molecule has 0 atom stereocenters. The van der Waals surface area contributed by atoms with Gasteiger partial charge < -0.3 is 14.5 Å². The van der Waals surface area contributed by atoms with Crippen molar-refractivity contribution in [2.75, 3.05) is 13.7 Å². The molecule has 2 heterocycles. The number of rotatable bonds is 9. The molecule has 0 radical (unpaired) electrons. The first-order chi connectivity index (χ1) is 15.7. The fourth-order valence-electron chi connectivity index (χ4n) is 3.89. The molecule has 4 aromatic rings. The number of amides is 1. The summed E-state index contributed by atoms with van der Waals surface area (Å²) in [7, 11) is 2.07. The zero-order valence-electron chi connectivity index (χ0n) is 18.0. The third-order valence-electron chi connectivity index (χ3n) is 5.63. The molecule has 2 aromatic heterocycles. The lowest BCUT2D eigenvalue weighted by atomic mass is 10.0. The molecule has 1 N–H and O–H groups in total. The van der Waals surface area contributed by atoms with Crippen molar-refractivity contribution < 1.29 is 13.9 Å². The maximum Gasteiger partial charge on any atom is 0.258 e. The van der Waals surface area contributed by atoms with Crippen LogP contribution in [-0.4, -0.2) is 30.5 Å². The van der Waals surface area contributed by atoms with Crippen LogP contribution in [-0.2, 0) is 17.9 Å². The van der Waals surface area contributed by atoms with Gasteiger partial charge in [0.25, 0.3) is 5.91 Å². The summed E-state index contributed by atoms with van der Waals surface area (Å²) < 4.78 is 12.5. The zero-order chi connectivity index (χ0) is 21.9. The van der Waals surface area contributed by atoms with Crippen molar-refractivity contribution in [3.8, 4) is 16.9 Å². The number of benzene rings is 2. The number of thiophene rings is 1. The molecule has 0 unspecified atom stereocenters. The number of nitrogens with zero attached hydrogens (tertiary/aromatic N) is 1. The Hall–Kier alpha value is -3.09. The van der Waals surface area contributed by atoms with E-state index in [9.17, 15) is 4.79 Å². The normalized spacial score (nSPS) is 13.6. The number of hydrogen-bond donors (Lipinski definition) is 1. The summed E-state index contributed by atoms with van der Waals surface area (Å²) in [6.07, 6.45) is 5.60. The predicted molar refractivity (Wildman–Crippen MR) is 128 cm³/mol. The number of ether oxygens (including phenoxy) is 1. The second-order valence-corrected chi connectivity index (χ2v) is 9.31. The second kappa shape index (κ2) is 9.18. The SMILES string of the molecule is CN(Cc1ccoc1)Cc1cc(-c2csc3ccccc23)ccc1OCC(=O)NC1CC1. The summed E-state index contributed by atoms with van der Waals surface area (Å²) in [5.41, 5.74) is 4.56. The number of hydrogen-bond acceptors (Lipinski definition) is 5. The number of nitrogens with one attached hydrogen (secondary N) is 1. The van der Waals surface area contributed by atoms with Crippen molar-refractivity contribution in [2.45, 2.75) is 32.0 Å². The molecular formula is C26H26N2O3S. The van der Waals surface area contributed by atoms with E-state index in [1.165, 1.54) is 15.6 Å². The Balaban J connectivity index is 1.40. The third-order valence-corrected chi connectivity index (χ3v) is 6.59. The van der Waals surface area contributed by atoms with Gasteiger partial charge in [-0.15, -0.1) is 11.3 Å². The van der Waals surface area contributed by atoms with E-state index in [0.717, 1.165) is 41.8 Å². The number of fused-ring (bicyclic) bond motifs is 1. The summed E-state index contributed by atoms with van der Waals surface area (Å²) in [5, 5.41) is 6.45. The molecule has 2 aromatic carbocycles. The Bertz CT molecular complexity index is 1210. The summed E-state index contributed by atoms with van der Waals surface area (Å²) in [6.45, 7) is 1.50. The van der Waals surface area contributed by atoms with E-state index >= 15 is 0 Å². The molecule has 164 valence electrons. The van der Waals surface area contributed by atoms with Crippen LogP contribution in [0.25, 0.3) is 21.2 Å². The highest BCUT2D eigenvalue weighted by atomic mass is 32.1. The van der Waals surface area contributed by atoms with Gasteiger partial charge in [-0.3, -0.25) is 9.69 Å². The van der Waals surface area contributed by atoms with Crippen LogP contribution in [0.5, 0.6) is 5.75 Å². The molecule has 5 nitrogen and oxygen atoms in total. The molecule has 32 heavy (non-hydrogen) atoms. The lowest BCUT2D eigenvalue weighted by Gasteiger charge is -2.19. The van der Waals surface area contributed by atoms with Gasteiger partial charge in [-0.25, -0.2) is 0 Å². The van der Waals surface area contributed by atoms with Crippen molar-refractivity contribution in [1.82, 2.24) is 10.2 Å². The quantitative estimate of drug-likeness (QED) is 0.371. The Morgan fingerprint density at radius 2 is 2.06 bits per heavy atom. The van der Waals surface area contributed by atoms with Gasteiger partial charge in [0.1, 0.15) is 5.75 Å². The van der Waals surface area contributed by atoms with Crippen LogP contribution in [0.1, 0.15) is 24.0 Å². The van der Waals surface area contributed by atoms with Crippen LogP contribution in [0.15, 0.2) is 70.9 Å². The number of carbonyl (C=O) groups excluding carboxylic acids is 1. The third kappa shape index (κ3) is 4.87. The minimum atomic E-state index is -0.0573. The van der Waals surface area contributed by atoms with Crippen molar-refractivity contribution in [3.63, 3.8) is 0 Å². The van der Waals surface area contributed by atoms with Crippen LogP contribution in [0.2, 0.25) is 0 Å². The smallest absolute Gasteiger partial charge is 0.258 e. The van der Waals surface area contributed by atoms with Crippen LogP contribution in [0, 0.1) is 0 Å². The molecule has 1 aliphatic rings. The Kier molecular flexibility index (Phi) is 5.97. The van der Waals surface area contributed by atoms with E-state index in [0.29, 0.717) is 12.6 Å². The van der Waals surface area contributed by atoms with Gasteiger partial charge >= 0.3 is 0 Å². The van der Waals surface area contributed by atoms with E-state index in [-0.39, 0.29) is 12.5 Å². The van der Waals surface area contributed by atoms with Gasteiger partial charge in [0.05, 0.1) is 12.5 Å². The van der Waals surface area contributed by atoms with Crippen LogP contribution in [0.4, 0.5) is 0 Å². The molecule has 0 saturated heterocycles. The highest BCUT2D eigenvalue weighted by Gasteiger charge is 2.23. The van der Waals surface area contributed by atoms with E-state index in [1.54, 1.807) is 23.9 Å². The average molecular weight is 447 g/mol. The van der Waals surface area contributed by atoms with Gasteiger partial charge in [0, 0.05) is 45.9 Å². The van der Waals surface area contributed by atoms with E-state index in [1.807, 2.05) is 12.1 Å². The molecule has 6 heteroatoms. The standard InChI is InChI=1S/C26H26N2O3S/c1-28(13-18-10-11-30-15-18)14-20-12-19(23-17-32-25-5-3-2-4-22(23)25)6-9-24(20)31-16-26(29)27-21-7-8-21/h2-6,9-12,15,17,21H,7-8,13-14,16H2,1H3,(H,27,29).